The quantitative estimate of drug-likeness (QED) is 0.485. The highest BCUT2D eigenvalue weighted by Gasteiger charge is 2.21. The number of hydrogen-bond acceptors (Lipinski definition) is 5. The Labute approximate surface area is 83.8 Å². The second-order valence-electron chi connectivity index (χ2n) is 3.76. The fourth-order valence-corrected chi connectivity index (χ4v) is 0.872. The zero-order chi connectivity index (χ0) is 11.3. The molecule has 0 rings (SSSR count). The Morgan fingerprint density at radius 2 is 1.64 bits per heavy atom. The van der Waals surface area contributed by atoms with Crippen LogP contribution in [0.25, 0.3) is 0 Å². The van der Waals surface area contributed by atoms with Crippen molar-refractivity contribution in [3.8, 4) is 0 Å². The van der Waals surface area contributed by atoms with Gasteiger partial charge in [0, 0.05) is 0 Å². The normalized spacial score (nSPS) is 15.0. The molecule has 0 heterocycles. The maximum Gasteiger partial charge on any atom is 0.330 e. The van der Waals surface area contributed by atoms with Crippen LogP contribution >= 0.6 is 0 Å². The minimum absolute atomic E-state index is 0.281. The largest absolute Gasteiger partial charge is 0.391 e. The van der Waals surface area contributed by atoms with E-state index in [4.69, 9.17) is 11.5 Å². The van der Waals surface area contributed by atoms with Gasteiger partial charge in [-0.1, -0.05) is 13.8 Å². The van der Waals surface area contributed by atoms with E-state index < -0.39 is 24.0 Å². The summed E-state index contributed by atoms with van der Waals surface area (Å²) < 4.78 is 4.45. The molecule has 5 heteroatoms. The monoisotopic (exact) mass is 202 g/mol. The standard InChI is InChI=1S/C9H18N2O3/c1-5(2)4-7(11)9(13)14-8(12)6(3)10/h5-7H,4,10-11H2,1-3H3/t6-,7+/m0/s1. The molecule has 0 radical (unpaired) electrons. The van der Waals surface area contributed by atoms with Crippen molar-refractivity contribution in [1.82, 2.24) is 0 Å². The van der Waals surface area contributed by atoms with Gasteiger partial charge in [0.15, 0.2) is 0 Å². The molecule has 0 saturated carbocycles. The molecule has 0 aromatic carbocycles. The van der Waals surface area contributed by atoms with Crippen LogP contribution in [0.5, 0.6) is 0 Å². The first-order valence-electron chi connectivity index (χ1n) is 4.61. The van der Waals surface area contributed by atoms with Crippen LogP contribution in [-0.2, 0) is 14.3 Å². The minimum Gasteiger partial charge on any atom is -0.391 e. The number of carbonyl (C=O) groups excluding carboxylic acids is 2. The summed E-state index contributed by atoms with van der Waals surface area (Å²) in [6.07, 6.45) is 0.491. The lowest BCUT2D eigenvalue weighted by Crippen LogP contribution is -2.38. The topological polar surface area (TPSA) is 95.4 Å². The summed E-state index contributed by atoms with van der Waals surface area (Å²) >= 11 is 0. The van der Waals surface area contributed by atoms with Crippen LogP contribution < -0.4 is 11.5 Å². The van der Waals surface area contributed by atoms with E-state index in [-0.39, 0.29) is 5.92 Å². The molecule has 82 valence electrons. The van der Waals surface area contributed by atoms with E-state index in [1.54, 1.807) is 0 Å². The summed E-state index contributed by atoms with van der Waals surface area (Å²) in [5.74, 6) is -1.17. The van der Waals surface area contributed by atoms with Gasteiger partial charge in [0.25, 0.3) is 0 Å². The lowest BCUT2D eigenvalue weighted by Gasteiger charge is -2.12. The van der Waals surface area contributed by atoms with Gasteiger partial charge in [0.2, 0.25) is 0 Å². The van der Waals surface area contributed by atoms with Gasteiger partial charge in [-0.25, -0.2) is 9.59 Å². The number of ether oxygens (including phenoxy) is 1. The third-order valence-electron chi connectivity index (χ3n) is 1.60. The highest BCUT2D eigenvalue weighted by atomic mass is 16.6. The van der Waals surface area contributed by atoms with Crippen molar-refractivity contribution < 1.29 is 14.3 Å². The second kappa shape index (κ2) is 5.72. The highest BCUT2D eigenvalue weighted by Crippen LogP contribution is 2.04. The zero-order valence-corrected chi connectivity index (χ0v) is 8.82. The molecule has 0 aliphatic rings. The molecule has 0 aromatic rings. The van der Waals surface area contributed by atoms with Gasteiger partial charge < -0.3 is 16.2 Å². The summed E-state index contributed by atoms with van der Waals surface area (Å²) in [6, 6.07) is -1.55. The SMILES string of the molecule is CC(C)C[C@@H](N)C(=O)OC(=O)[C@H](C)N. The Hall–Kier alpha value is -0.940. The van der Waals surface area contributed by atoms with Crippen molar-refractivity contribution in [3.05, 3.63) is 0 Å². The minimum atomic E-state index is -0.801. The Morgan fingerprint density at radius 3 is 2.00 bits per heavy atom. The first kappa shape index (κ1) is 13.1. The van der Waals surface area contributed by atoms with Gasteiger partial charge in [0.05, 0.1) is 0 Å². The molecule has 0 aromatic heterocycles. The molecule has 5 nitrogen and oxygen atoms in total. The Morgan fingerprint density at radius 1 is 1.14 bits per heavy atom. The van der Waals surface area contributed by atoms with E-state index in [9.17, 15) is 9.59 Å². The van der Waals surface area contributed by atoms with Crippen LogP contribution in [0.1, 0.15) is 27.2 Å². The van der Waals surface area contributed by atoms with Crippen molar-refractivity contribution in [2.24, 2.45) is 17.4 Å². The molecular weight excluding hydrogens is 184 g/mol. The second-order valence-corrected chi connectivity index (χ2v) is 3.76. The molecule has 4 N–H and O–H groups in total. The molecule has 0 aliphatic carbocycles. The van der Waals surface area contributed by atoms with Crippen LogP contribution in [0.2, 0.25) is 0 Å². The van der Waals surface area contributed by atoms with Crippen molar-refractivity contribution >= 4 is 11.9 Å². The van der Waals surface area contributed by atoms with Crippen LogP contribution in [0.3, 0.4) is 0 Å². The molecule has 0 bridgehead atoms. The molecule has 14 heavy (non-hydrogen) atoms. The maximum absolute atomic E-state index is 11.2. The van der Waals surface area contributed by atoms with Gasteiger partial charge >= 0.3 is 11.9 Å². The van der Waals surface area contributed by atoms with Gasteiger partial charge in [-0.05, 0) is 19.3 Å². The van der Waals surface area contributed by atoms with Crippen molar-refractivity contribution in [1.29, 1.82) is 0 Å². The molecule has 0 amide bonds. The predicted molar refractivity (Wildman–Crippen MR) is 52.2 cm³/mol. The van der Waals surface area contributed by atoms with Crippen LogP contribution in [-0.4, -0.2) is 24.0 Å². The smallest absolute Gasteiger partial charge is 0.330 e. The number of carbonyl (C=O) groups is 2. The Kier molecular flexibility index (Phi) is 5.34. The average molecular weight is 202 g/mol. The van der Waals surface area contributed by atoms with E-state index in [1.807, 2.05) is 13.8 Å². The number of rotatable bonds is 4. The lowest BCUT2D eigenvalue weighted by atomic mass is 10.1. The number of nitrogens with two attached hydrogens (primary N) is 2. The van der Waals surface area contributed by atoms with Crippen molar-refractivity contribution in [2.45, 2.75) is 39.3 Å². The van der Waals surface area contributed by atoms with E-state index in [0.717, 1.165) is 0 Å². The third-order valence-corrected chi connectivity index (χ3v) is 1.60. The van der Waals surface area contributed by atoms with Crippen molar-refractivity contribution in [2.75, 3.05) is 0 Å². The van der Waals surface area contributed by atoms with E-state index in [1.165, 1.54) is 6.92 Å². The Bertz CT molecular complexity index is 214. The first-order chi connectivity index (χ1) is 6.34. The van der Waals surface area contributed by atoms with Crippen LogP contribution in [0.15, 0.2) is 0 Å². The highest BCUT2D eigenvalue weighted by molar-refractivity contribution is 5.90. The van der Waals surface area contributed by atoms with E-state index in [2.05, 4.69) is 4.74 Å². The molecule has 0 unspecified atom stereocenters. The first-order valence-corrected chi connectivity index (χ1v) is 4.61. The molecule has 0 aliphatic heterocycles. The Balaban J connectivity index is 4.02. The summed E-state index contributed by atoms with van der Waals surface area (Å²) in [5, 5.41) is 0. The predicted octanol–water partition coefficient (Wildman–Crippen LogP) is -0.223. The zero-order valence-electron chi connectivity index (χ0n) is 8.82. The molecule has 0 spiro atoms. The van der Waals surface area contributed by atoms with E-state index >= 15 is 0 Å². The molecule has 2 atom stereocenters. The van der Waals surface area contributed by atoms with Gasteiger partial charge in [0.1, 0.15) is 12.1 Å². The van der Waals surface area contributed by atoms with Gasteiger partial charge in [-0.3, -0.25) is 0 Å². The summed E-state index contributed by atoms with van der Waals surface area (Å²) in [6.45, 7) is 5.31. The van der Waals surface area contributed by atoms with Gasteiger partial charge in [-0.15, -0.1) is 0 Å². The molecular formula is C9H18N2O3. The fraction of sp³-hybridized carbons (Fsp3) is 0.778. The molecule has 0 fully saturated rings. The third kappa shape index (κ3) is 4.94. The van der Waals surface area contributed by atoms with Crippen molar-refractivity contribution in [3.63, 3.8) is 0 Å². The number of hydrogen-bond donors (Lipinski definition) is 2. The van der Waals surface area contributed by atoms with Crippen LogP contribution in [0.4, 0.5) is 0 Å². The number of esters is 2. The van der Waals surface area contributed by atoms with Gasteiger partial charge in [-0.2, -0.15) is 0 Å². The van der Waals surface area contributed by atoms with E-state index in [0.29, 0.717) is 6.42 Å². The fourth-order valence-electron chi connectivity index (χ4n) is 0.872. The van der Waals surface area contributed by atoms with Crippen LogP contribution in [0, 0.1) is 5.92 Å². The average Bonchev–Trinajstić information content (AvgIpc) is 2.02. The summed E-state index contributed by atoms with van der Waals surface area (Å²) in [5.41, 5.74) is 10.7. The summed E-state index contributed by atoms with van der Waals surface area (Å²) in [4.78, 5) is 22.1. The maximum atomic E-state index is 11.2. The summed E-state index contributed by atoms with van der Waals surface area (Å²) in [7, 11) is 0. The molecule has 0 saturated heterocycles. The lowest BCUT2D eigenvalue weighted by molar-refractivity contribution is -0.161.